The SMILES string of the molecule is CC(=O)c1cn(CC(=O)N[C@@H](CC2CC2)C(=O)NCc2cccc(Cl)c2F)c2ncncc12. The molecule has 33 heavy (non-hydrogen) atoms. The average molecular weight is 472 g/mol. The van der Waals surface area contributed by atoms with Crippen LogP contribution in [-0.2, 0) is 22.7 Å². The molecular formula is C23H23ClFN5O3. The van der Waals surface area contributed by atoms with Crippen LogP contribution >= 0.6 is 11.6 Å². The Kier molecular flexibility index (Phi) is 6.69. The first-order valence-corrected chi connectivity index (χ1v) is 11.0. The molecule has 2 amide bonds. The molecule has 8 nitrogen and oxygen atoms in total. The Bertz CT molecular complexity index is 1220. The number of carbonyl (C=O) groups is 3. The maximum Gasteiger partial charge on any atom is 0.242 e. The maximum absolute atomic E-state index is 14.1. The van der Waals surface area contributed by atoms with Gasteiger partial charge in [-0.25, -0.2) is 14.4 Å². The Morgan fingerprint density at radius 1 is 1.30 bits per heavy atom. The standard InChI is InChI=1S/C23H23ClFN5O3/c1-13(31)17-10-30(22-16(17)9-26-12-28-22)11-20(32)29-19(7-14-5-6-14)23(33)27-8-15-3-2-4-18(24)21(15)25/h2-4,9-10,12,14,19H,5-8,11H2,1H3,(H,27,33)(H,29,32)/t19-/m0/s1. The van der Waals surface area contributed by atoms with Gasteiger partial charge in [0.15, 0.2) is 5.78 Å². The molecule has 0 saturated heterocycles. The van der Waals surface area contributed by atoms with Gasteiger partial charge in [0.05, 0.1) is 5.02 Å². The summed E-state index contributed by atoms with van der Waals surface area (Å²) in [5.74, 6) is -1.15. The summed E-state index contributed by atoms with van der Waals surface area (Å²) in [5, 5.41) is 6.02. The van der Waals surface area contributed by atoms with Crippen LogP contribution < -0.4 is 10.6 Å². The second-order valence-electron chi connectivity index (χ2n) is 8.22. The lowest BCUT2D eigenvalue weighted by atomic mass is 10.1. The van der Waals surface area contributed by atoms with Crippen molar-refractivity contribution in [1.82, 2.24) is 25.2 Å². The highest BCUT2D eigenvalue weighted by molar-refractivity contribution is 6.30. The number of nitrogens with zero attached hydrogens (tertiary/aromatic N) is 3. The zero-order valence-corrected chi connectivity index (χ0v) is 18.7. The van der Waals surface area contributed by atoms with Gasteiger partial charge < -0.3 is 15.2 Å². The van der Waals surface area contributed by atoms with Gasteiger partial charge in [-0.15, -0.1) is 0 Å². The minimum atomic E-state index is -0.754. The molecule has 4 rings (SSSR count). The molecule has 3 aromatic rings. The van der Waals surface area contributed by atoms with E-state index in [0.29, 0.717) is 28.9 Å². The fourth-order valence-electron chi connectivity index (χ4n) is 3.73. The predicted molar refractivity (Wildman–Crippen MR) is 120 cm³/mol. The van der Waals surface area contributed by atoms with E-state index in [1.54, 1.807) is 22.9 Å². The van der Waals surface area contributed by atoms with Gasteiger partial charge in [0.2, 0.25) is 11.8 Å². The van der Waals surface area contributed by atoms with E-state index in [2.05, 4.69) is 20.6 Å². The van der Waals surface area contributed by atoms with Gasteiger partial charge in [0.1, 0.15) is 30.4 Å². The Balaban J connectivity index is 1.44. The van der Waals surface area contributed by atoms with Crippen molar-refractivity contribution in [3.05, 3.63) is 58.9 Å². The molecule has 0 radical (unpaired) electrons. The molecule has 1 aliphatic carbocycles. The Hall–Kier alpha value is -3.33. The van der Waals surface area contributed by atoms with Crippen LogP contribution in [0.1, 0.15) is 42.1 Å². The first-order valence-electron chi connectivity index (χ1n) is 10.6. The smallest absolute Gasteiger partial charge is 0.242 e. The van der Waals surface area contributed by atoms with Crippen molar-refractivity contribution < 1.29 is 18.8 Å². The molecule has 1 atom stereocenters. The minimum Gasteiger partial charge on any atom is -0.350 e. The van der Waals surface area contributed by atoms with E-state index < -0.39 is 23.7 Å². The number of Topliss-reactive ketones (excluding diaryl/α,β-unsaturated/α-hetero) is 1. The van der Waals surface area contributed by atoms with Crippen molar-refractivity contribution in [2.45, 2.75) is 45.3 Å². The normalized spacial score (nSPS) is 14.2. The molecule has 1 saturated carbocycles. The zero-order chi connectivity index (χ0) is 23.5. The first kappa shape index (κ1) is 22.8. The molecule has 0 spiro atoms. The third-order valence-corrected chi connectivity index (χ3v) is 5.93. The Morgan fingerprint density at radius 3 is 2.82 bits per heavy atom. The van der Waals surface area contributed by atoms with Crippen molar-refractivity contribution >= 4 is 40.2 Å². The number of fused-ring (bicyclic) bond motifs is 1. The lowest BCUT2D eigenvalue weighted by molar-refractivity contribution is -0.129. The largest absolute Gasteiger partial charge is 0.350 e. The predicted octanol–water partition coefficient (Wildman–Crippen LogP) is 3.03. The molecule has 2 heterocycles. The molecule has 0 aliphatic heterocycles. The lowest BCUT2D eigenvalue weighted by Gasteiger charge is -2.19. The molecule has 1 aromatic carbocycles. The Morgan fingerprint density at radius 2 is 2.09 bits per heavy atom. The number of ketones is 1. The third kappa shape index (κ3) is 5.36. The van der Waals surface area contributed by atoms with Crippen LogP contribution in [0.4, 0.5) is 4.39 Å². The van der Waals surface area contributed by atoms with Crippen LogP contribution in [0, 0.1) is 11.7 Å². The number of hydrogen-bond acceptors (Lipinski definition) is 5. The van der Waals surface area contributed by atoms with Crippen LogP contribution in [0.25, 0.3) is 11.0 Å². The van der Waals surface area contributed by atoms with Crippen LogP contribution in [0.3, 0.4) is 0 Å². The molecule has 172 valence electrons. The number of hydrogen-bond donors (Lipinski definition) is 2. The number of rotatable bonds is 9. The molecule has 0 unspecified atom stereocenters. The van der Waals surface area contributed by atoms with Crippen LogP contribution in [0.2, 0.25) is 5.02 Å². The lowest BCUT2D eigenvalue weighted by Crippen LogP contribution is -2.47. The van der Waals surface area contributed by atoms with E-state index in [-0.39, 0.29) is 29.5 Å². The van der Waals surface area contributed by atoms with Gasteiger partial charge in [0, 0.05) is 35.5 Å². The number of benzene rings is 1. The minimum absolute atomic E-state index is 0.0164. The highest BCUT2D eigenvalue weighted by Gasteiger charge is 2.30. The topological polar surface area (TPSA) is 106 Å². The van der Waals surface area contributed by atoms with Gasteiger partial charge >= 0.3 is 0 Å². The molecule has 1 fully saturated rings. The number of aromatic nitrogens is 3. The van der Waals surface area contributed by atoms with E-state index in [0.717, 1.165) is 12.8 Å². The molecule has 1 aliphatic rings. The number of carbonyl (C=O) groups excluding carboxylic acids is 3. The monoisotopic (exact) mass is 471 g/mol. The van der Waals surface area contributed by atoms with Gasteiger partial charge in [-0.1, -0.05) is 36.6 Å². The fraction of sp³-hybridized carbons (Fsp3) is 0.348. The maximum atomic E-state index is 14.1. The van der Waals surface area contributed by atoms with Crippen LogP contribution in [-0.4, -0.2) is 38.2 Å². The van der Waals surface area contributed by atoms with Crippen LogP contribution in [0.5, 0.6) is 0 Å². The fourth-order valence-corrected chi connectivity index (χ4v) is 3.93. The summed E-state index contributed by atoms with van der Waals surface area (Å²) in [6.45, 7) is 1.28. The van der Waals surface area contributed by atoms with Crippen molar-refractivity contribution in [1.29, 1.82) is 0 Å². The van der Waals surface area contributed by atoms with E-state index in [4.69, 9.17) is 11.6 Å². The summed E-state index contributed by atoms with van der Waals surface area (Å²) in [6, 6.07) is 3.83. The second-order valence-corrected chi connectivity index (χ2v) is 8.62. The summed E-state index contributed by atoms with van der Waals surface area (Å²) in [6.07, 6.45) is 6.96. The van der Waals surface area contributed by atoms with Gasteiger partial charge in [0.25, 0.3) is 0 Å². The van der Waals surface area contributed by atoms with Crippen LogP contribution in [0.15, 0.2) is 36.9 Å². The summed E-state index contributed by atoms with van der Waals surface area (Å²) >= 11 is 5.80. The highest BCUT2D eigenvalue weighted by Crippen LogP contribution is 2.33. The third-order valence-electron chi connectivity index (χ3n) is 5.63. The van der Waals surface area contributed by atoms with Crippen molar-refractivity contribution in [2.24, 2.45) is 5.92 Å². The van der Waals surface area contributed by atoms with E-state index in [9.17, 15) is 18.8 Å². The first-order chi connectivity index (χ1) is 15.8. The molecule has 10 heteroatoms. The van der Waals surface area contributed by atoms with E-state index in [1.165, 1.54) is 25.5 Å². The summed E-state index contributed by atoms with van der Waals surface area (Å²) in [4.78, 5) is 45.7. The second kappa shape index (κ2) is 9.66. The summed E-state index contributed by atoms with van der Waals surface area (Å²) < 4.78 is 15.7. The summed E-state index contributed by atoms with van der Waals surface area (Å²) in [5.41, 5.74) is 1.15. The molecule has 0 bridgehead atoms. The quantitative estimate of drug-likeness (QED) is 0.466. The van der Waals surface area contributed by atoms with E-state index >= 15 is 0 Å². The average Bonchev–Trinajstić information content (AvgIpc) is 3.53. The van der Waals surface area contributed by atoms with Gasteiger partial charge in [-0.05, 0) is 25.3 Å². The summed E-state index contributed by atoms with van der Waals surface area (Å²) in [7, 11) is 0. The van der Waals surface area contributed by atoms with E-state index in [1.807, 2.05) is 0 Å². The number of amides is 2. The number of halogens is 2. The molecule has 2 N–H and O–H groups in total. The number of nitrogens with one attached hydrogen (secondary N) is 2. The van der Waals surface area contributed by atoms with Crippen molar-refractivity contribution in [3.8, 4) is 0 Å². The molecule has 2 aromatic heterocycles. The Labute approximate surface area is 194 Å². The molecular weight excluding hydrogens is 449 g/mol. The van der Waals surface area contributed by atoms with Gasteiger partial charge in [-0.2, -0.15) is 0 Å². The highest BCUT2D eigenvalue weighted by atomic mass is 35.5. The van der Waals surface area contributed by atoms with Gasteiger partial charge in [-0.3, -0.25) is 14.4 Å². The zero-order valence-electron chi connectivity index (χ0n) is 18.0. The van der Waals surface area contributed by atoms with Crippen molar-refractivity contribution in [2.75, 3.05) is 0 Å². The van der Waals surface area contributed by atoms with Crippen molar-refractivity contribution in [3.63, 3.8) is 0 Å².